The largest absolute Gasteiger partial charge is 0.481 e. The fraction of sp³-hybridized carbons (Fsp3) is 0.300. The van der Waals surface area contributed by atoms with Gasteiger partial charge < -0.3 is 9.52 Å². The van der Waals surface area contributed by atoms with E-state index in [0.29, 0.717) is 35.0 Å². The van der Waals surface area contributed by atoms with Gasteiger partial charge in [-0.05, 0) is 37.1 Å². The third kappa shape index (κ3) is 5.95. The highest BCUT2D eigenvalue weighted by molar-refractivity contribution is 8.26. The number of carbonyl (C=O) groups excluding carboxylic acids is 1. The number of carboxylic acids is 1. The smallest absolute Gasteiger partial charge is 0.433 e. The maximum Gasteiger partial charge on any atom is 0.433 e. The number of aliphatic carboxylic acids is 1. The highest BCUT2D eigenvalue weighted by Crippen LogP contribution is 2.34. The van der Waals surface area contributed by atoms with Gasteiger partial charge in [0.1, 0.15) is 21.5 Å². The molecule has 2 aromatic heterocycles. The number of thiocarbonyl (C=S) groups is 1. The summed E-state index contributed by atoms with van der Waals surface area (Å²) in [5, 5.41) is 8.65. The Morgan fingerprint density at radius 2 is 2.00 bits per heavy atom. The Kier molecular flexibility index (Phi) is 7.16. The second kappa shape index (κ2) is 9.65. The molecule has 1 aliphatic heterocycles. The number of alkyl halides is 3. The lowest BCUT2D eigenvalue weighted by molar-refractivity contribution is -0.141. The summed E-state index contributed by atoms with van der Waals surface area (Å²) in [4.78, 5) is 28.5. The molecule has 0 aromatic carbocycles. The van der Waals surface area contributed by atoms with E-state index in [4.69, 9.17) is 21.7 Å². The number of thioether (sulfide) groups is 1. The van der Waals surface area contributed by atoms with E-state index in [2.05, 4.69) is 4.98 Å². The van der Waals surface area contributed by atoms with Gasteiger partial charge in [0.2, 0.25) is 0 Å². The highest BCUT2D eigenvalue weighted by atomic mass is 32.2. The Morgan fingerprint density at radius 3 is 2.71 bits per heavy atom. The molecule has 164 valence electrons. The summed E-state index contributed by atoms with van der Waals surface area (Å²) < 4.78 is 44.5. The van der Waals surface area contributed by atoms with Crippen molar-refractivity contribution >= 4 is 46.3 Å². The molecule has 0 bridgehead atoms. The SMILES string of the molecule is O=C(O)CCCCCN1C(=O)/C(=C/c2ccc(-c3cccc(C(F)(F)F)n3)o2)SC1=S. The molecule has 3 rings (SSSR count). The van der Waals surface area contributed by atoms with Crippen LogP contribution in [0.25, 0.3) is 17.5 Å². The van der Waals surface area contributed by atoms with E-state index in [0.717, 1.165) is 17.8 Å². The second-order valence-corrected chi connectivity index (χ2v) is 8.32. The summed E-state index contributed by atoms with van der Waals surface area (Å²) in [6.07, 6.45) is -1.18. The van der Waals surface area contributed by atoms with Gasteiger partial charge in [0.25, 0.3) is 5.91 Å². The fourth-order valence-electron chi connectivity index (χ4n) is 2.84. The summed E-state index contributed by atoms with van der Waals surface area (Å²) in [7, 11) is 0. The molecule has 1 fully saturated rings. The van der Waals surface area contributed by atoms with Crippen molar-refractivity contribution in [3.8, 4) is 11.5 Å². The number of hydrogen-bond acceptors (Lipinski definition) is 6. The molecular formula is C20H17F3N2O4S2. The lowest BCUT2D eigenvalue weighted by atomic mass is 10.2. The van der Waals surface area contributed by atoms with Gasteiger partial charge in [0.15, 0.2) is 5.76 Å². The summed E-state index contributed by atoms with van der Waals surface area (Å²) in [6.45, 7) is 0.388. The minimum absolute atomic E-state index is 0.0309. The average Bonchev–Trinajstić information content (AvgIpc) is 3.27. The zero-order valence-corrected chi connectivity index (χ0v) is 17.6. The molecule has 3 heterocycles. The molecule has 0 spiro atoms. The quantitative estimate of drug-likeness (QED) is 0.322. The normalized spacial score (nSPS) is 15.8. The van der Waals surface area contributed by atoms with E-state index in [1.807, 2.05) is 0 Å². The molecule has 1 saturated heterocycles. The summed E-state index contributed by atoms with van der Waals surface area (Å²) in [5.74, 6) is -0.711. The molecule has 0 radical (unpaired) electrons. The molecule has 1 N–H and O–H groups in total. The second-order valence-electron chi connectivity index (χ2n) is 6.65. The standard InChI is InChI=1S/C20H17F3N2O4S2/c21-20(22,23)16-6-4-5-13(24-16)14-9-8-12(29-14)11-15-18(28)25(19(30)31-15)10-3-1-2-7-17(26)27/h4-6,8-9,11H,1-3,7,10H2,(H,26,27)/b15-11-. The van der Waals surface area contributed by atoms with Crippen molar-refractivity contribution in [3.05, 3.63) is 46.7 Å². The van der Waals surface area contributed by atoms with Gasteiger partial charge in [-0.2, -0.15) is 13.2 Å². The first-order valence-corrected chi connectivity index (χ1v) is 10.5. The lowest BCUT2D eigenvalue weighted by Crippen LogP contribution is -2.29. The van der Waals surface area contributed by atoms with E-state index < -0.39 is 17.8 Å². The predicted octanol–water partition coefficient (Wildman–Crippen LogP) is 5.21. The van der Waals surface area contributed by atoms with E-state index >= 15 is 0 Å². The number of furan rings is 1. The zero-order valence-electron chi connectivity index (χ0n) is 16.0. The van der Waals surface area contributed by atoms with E-state index in [9.17, 15) is 22.8 Å². The van der Waals surface area contributed by atoms with Crippen LogP contribution >= 0.6 is 24.0 Å². The highest BCUT2D eigenvalue weighted by Gasteiger charge is 2.33. The number of rotatable bonds is 8. The topological polar surface area (TPSA) is 83.6 Å². The number of aromatic nitrogens is 1. The molecule has 1 aliphatic rings. The van der Waals surface area contributed by atoms with Gasteiger partial charge in [-0.25, -0.2) is 4.98 Å². The Hall–Kier alpha value is -2.66. The number of carbonyl (C=O) groups is 2. The molecule has 0 aliphatic carbocycles. The minimum Gasteiger partial charge on any atom is -0.481 e. The Balaban J connectivity index is 1.67. The molecule has 0 unspecified atom stereocenters. The van der Waals surface area contributed by atoms with E-state index in [-0.39, 0.29) is 29.5 Å². The molecule has 0 saturated carbocycles. The van der Waals surface area contributed by atoms with Crippen LogP contribution < -0.4 is 0 Å². The van der Waals surface area contributed by atoms with Crippen LogP contribution in [0.2, 0.25) is 0 Å². The van der Waals surface area contributed by atoms with Gasteiger partial charge in [-0.15, -0.1) is 0 Å². The number of nitrogens with zero attached hydrogens (tertiary/aromatic N) is 2. The number of halogens is 3. The number of carboxylic acid groups (broad SMARTS) is 1. The van der Waals surface area contributed by atoms with Crippen LogP contribution in [-0.2, 0) is 15.8 Å². The monoisotopic (exact) mass is 470 g/mol. The van der Waals surface area contributed by atoms with Crippen molar-refractivity contribution in [2.24, 2.45) is 0 Å². The first-order chi connectivity index (χ1) is 14.6. The van der Waals surface area contributed by atoms with Crippen molar-refractivity contribution in [1.29, 1.82) is 0 Å². The van der Waals surface area contributed by atoms with Gasteiger partial charge in [-0.3, -0.25) is 14.5 Å². The van der Waals surface area contributed by atoms with Crippen molar-refractivity contribution in [2.45, 2.75) is 31.9 Å². The van der Waals surface area contributed by atoms with Crippen LogP contribution in [0.1, 0.15) is 37.1 Å². The molecule has 11 heteroatoms. The lowest BCUT2D eigenvalue weighted by Gasteiger charge is -2.13. The minimum atomic E-state index is -4.56. The zero-order chi connectivity index (χ0) is 22.6. The van der Waals surface area contributed by atoms with Crippen LogP contribution in [0.5, 0.6) is 0 Å². The van der Waals surface area contributed by atoms with Gasteiger partial charge in [0, 0.05) is 19.0 Å². The molecule has 0 atom stereocenters. The predicted molar refractivity (Wildman–Crippen MR) is 113 cm³/mol. The third-order valence-electron chi connectivity index (χ3n) is 4.34. The molecule has 6 nitrogen and oxygen atoms in total. The maximum absolute atomic E-state index is 12.9. The van der Waals surface area contributed by atoms with Crippen LogP contribution in [0.4, 0.5) is 13.2 Å². The number of amides is 1. The Bertz CT molecular complexity index is 1030. The first kappa shape index (κ1) is 23.0. The van der Waals surface area contributed by atoms with Crippen LogP contribution in [-0.4, -0.2) is 37.7 Å². The average molecular weight is 470 g/mol. The van der Waals surface area contributed by atoms with Gasteiger partial charge in [0.05, 0.1) is 4.91 Å². The van der Waals surface area contributed by atoms with Crippen molar-refractivity contribution in [2.75, 3.05) is 6.54 Å². The van der Waals surface area contributed by atoms with Crippen molar-refractivity contribution < 1.29 is 32.3 Å². The van der Waals surface area contributed by atoms with Crippen LogP contribution in [0.15, 0.2) is 39.7 Å². The first-order valence-electron chi connectivity index (χ1n) is 9.27. The van der Waals surface area contributed by atoms with Crippen LogP contribution in [0.3, 0.4) is 0 Å². The van der Waals surface area contributed by atoms with Crippen LogP contribution in [0, 0.1) is 0 Å². The van der Waals surface area contributed by atoms with Gasteiger partial charge >= 0.3 is 12.1 Å². The summed E-state index contributed by atoms with van der Waals surface area (Å²) >= 11 is 6.35. The molecule has 31 heavy (non-hydrogen) atoms. The Labute approximate surface area is 185 Å². The third-order valence-corrected chi connectivity index (χ3v) is 5.72. The molecular weight excluding hydrogens is 453 g/mol. The van der Waals surface area contributed by atoms with Crippen molar-refractivity contribution in [1.82, 2.24) is 9.88 Å². The molecule has 1 amide bonds. The summed E-state index contributed by atoms with van der Waals surface area (Å²) in [6, 6.07) is 6.55. The Morgan fingerprint density at radius 1 is 1.23 bits per heavy atom. The number of unbranched alkanes of at least 4 members (excludes halogenated alkanes) is 2. The fourth-order valence-corrected chi connectivity index (χ4v) is 4.13. The van der Waals surface area contributed by atoms with Crippen molar-refractivity contribution in [3.63, 3.8) is 0 Å². The van der Waals surface area contributed by atoms with E-state index in [1.54, 1.807) is 0 Å². The van der Waals surface area contributed by atoms with Gasteiger partial charge in [-0.1, -0.05) is 36.5 Å². The maximum atomic E-state index is 12.9. The summed E-state index contributed by atoms with van der Waals surface area (Å²) in [5.41, 5.74) is -0.990. The molecule has 2 aromatic rings. The number of pyridine rings is 1. The van der Waals surface area contributed by atoms with E-state index in [1.165, 1.54) is 35.2 Å². The number of hydrogen-bond donors (Lipinski definition) is 1.